The number of hydrogen-bond donors (Lipinski definition) is 1. The molecular weight excluding hydrogens is 310 g/mol. The van der Waals surface area contributed by atoms with E-state index < -0.39 is 5.97 Å². The van der Waals surface area contributed by atoms with Gasteiger partial charge in [0.15, 0.2) is 0 Å². The van der Waals surface area contributed by atoms with Crippen molar-refractivity contribution in [1.29, 1.82) is 5.26 Å². The molecule has 0 aliphatic heterocycles. The summed E-state index contributed by atoms with van der Waals surface area (Å²) < 4.78 is 6.39. The van der Waals surface area contributed by atoms with Gasteiger partial charge in [-0.15, -0.1) is 0 Å². The molecule has 0 saturated carbocycles. The number of benzene rings is 1. The topological polar surface area (TPSA) is 74.2 Å². The van der Waals surface area contributed by atoms with Crippen LogP contribution in [0.25, 0.3) is 17.4 Å². The summed E-state index contributed by atoms with van der Waals surface area (Å²) in [5.41, 5.74) is 0.490. The molecule has 0 unspecified atom stereocenters. The van der Waals surface area contributed by atoms with Crippen LogP contribution in [0, 0.1) is 11.3 Å². The minimum atomic E-state index is -1.28. The Morgan fingerprint density at radius 2 is 2.05 bits per heavy atom. The first kappa shape index (κ1) is 13.1. The van der Waals surface area contributed by atoms with Gasteiger partial charge in [0.25, 0.3) is 0 Å². The van der Waals surface area contributed by atoms with Crippen molar-refractivity contribution in [3.8, 4) is 17.4 Å². The maximum absolute atomic E-state index is 10.7. The predicted octanol–water partition coefficient (Wildman–Crippen LogP) is 3.70. The number of nitriles is 1. The summed E-state index contributed by atoms with van der Waals surface area (Å²) in [4.78, 5) is 10.7. The Labute approximate surface area is 117 Å². The molecule has 0 atom stereocenters. The number of halogens is 1. The van der Waals surface area contributed by atoms with E-state index in [1.165, 1.54) is 6.08 Å². The molecule has 0 aliphatic rings. The molecule has 2 rings (SSSR count). The maximum Gasteiger partial charge on any atom is 0.346 e. The van der Waals surface area contributed by atoms with Gasteiger partial charge in [0.2, 0.25) is 0 Å². The minimum absolute atomic E-state index is 0.324. The minimum Gasteiger partial charge on any atom is -0.477 e. The van der Waals surface area contributed by atoms with Crippen LogP contribution in [-0.2, 0) is 4.79 Å². The van der Waals surface area contributed by atoms with Crippen molar-refractivity contribution < 1.29 is 14.3 Å². The van der Waals surface area contributed by atoms with Crippen LogP contribution in [0.4, 0.5) is 0 Å². The molecule has 0 spiro atoms. The Morgan fingerprint density at radius 3 is 2.68 bits per heavy atom. The summed E-state index contributed by atoms with van der Waals surface area (Å²) in [5.74, 6) is -0.354. The molecule has 0 bridgehead atoms. The van der Waals surface area contributed by atoms with E-state index >= 15 is 0 Å². The molecule has 4 nitrogen and oxygen atoms in total. The van der Waals surface area contributed by atoms with Gasteiger partial charge in [-0.05, 0) is 18.2 Å². The fraction of sp³-hybridized carbons (Fsp3) is 0. The summed E-state index contributed by atoms with van der Waals surface area (Å²) >= 11 is 3.41. The first-order valence-corrected chi connectivity index (χ1v) is 6.11. The van der Waals surface area contributed by atoms with Gasteiger partial charge in [-0.25, -0.2) is 4.79 Å². The average molecular weight is 318 g/mol. The SMILES string of the molecule is N#C/C(=C/c1ccc(-c2ccccc2Br)o1)C(=O)O. The van der Waals surface area contributed by atoms with E-state index in [0.717, 1.165) is 10.0 Å². The highest BCUT2D eigenvalue weighted by Crippen LogP contribution is 2.29. The molecule has 5 heteroatoms. The number of furan rings is 1. The molecule has 1 aromatic heterocycles. The van der Waals surface area contributed by atoms with Crippen LogP contribution in [-0.4, -0.2) is 11.1 Å². The van der Waals surface area contributed by atoms with Crippen molar-refractivity contribution in [2.75, 3.05) is 0 Å². The second-order valence-electron chi connectivity index (χ2n) is 3.66. The molecule has 1 aromatic carbocycles. The van der Waals surface area contributed by atoms with Crippen molar-refractivity contribution in [3.63, 3.8) is 0 Å². The Bertz CT molecular complexity index is 695. The second-order valence-corrected chi connectivity index (χ2v) is 4.51. The van der Waals surface area contributed by atoms with Gasteiger partial charge in [-0.1, -0.05) is 34.1 Å². The van der Waals surface area contributed by atoms with Gasteiger partial charge in [0.1, 0.15) is 23.2 Å². The lowest BCUT2D eigenvalue weighted by molar-refractivity contribution is -0.132. The molecule has 1 N–H and O–H groups in total. The van der Waals surface area contributed by atoms with Crippen molar-refractivity contribution >= 4 is 28.0 Å². The third-order valence-electron chi connectivity index (χ3n) is 2.40. The van der Waals surface area contributed by atoms with E-state index in [0.29, 0.717) is 11.5 Å². The van der Waals surface area contributed by atoms with Crippen LogP contribution < -0.4 is 0 Å². The molecule has 0 saturated heterocycles. The van der Waals surface area contributed by atoms with E-state index in [1.54, 1.807) is 18.2 Å². The standard InChI is InChI=1S/C14H8BrNO3/c15-12-4-2-1-3-11(12)13-6-5-10(19-13)7-9(8-16)14(17)18/h1-7H,(H,17,18)/b9-7-. The summed E-state index contributed by atoms with van der Waals surface area (Å²) in [6.07, 6.45) is 1.20. The summed E-state index contributed by atoms with van der Waals surface area (Å²) in [5, 5.41) is 17.4. The van der Waals surface area contributed by atoms with Gasteiger partial charge in [-0.3, -0.25) is 0 Å². The first-order chi connectivity index (χ1) is 9.11. The molecule has 0 fully saturated rings. The zero-order chi connectivity index (χ0) is 13.8. The Kier molecular flexibility index (Phi) is 3.83. The molecule has 19 heavy (non-hydrogen) atoms. The fourth-order valence-electron chi connectivity index (χ4n) is 1.52. The molecule has 94 valence electrons. The van der Waals surface area contributed by atoms with Gasteiger partial charge >= 0.3 is 5.97 Å². The van der Waals surface area contributed by atoms with E-state index in [9.17, 15) is 4.79 Å². The van der Waals surface area contributed by atoms with Crippen LogP contribution in [0.3, 0.4) is 0 Å². The van der Waals surface area contributed by atoms with Gasteiger partial charge in [0, 0.05) is 16.1 Å². The van der Waals surface area contributed by atoms with Crippen molar-refractivity contribution in [3.05, 3.63) is 52.2 Å². The van der Waals surface area contributed by atoms with E-state index in [1.807, 2.05) is 24.3 Å². The zero-order valence-electron chi connectivity index (χ0n) is 9.63. The Balaban J connectivity index is 2.38. The second kappa shape index (κ2) is 5.55. The van der Waals surface area contributed by atoms with Crippen molar-refractivity contribution in [2.45, 2.75) is 0 Å². The Hall–Kier alpha value is -2.32. The van der Waals surface area contributed by atoms with E-state index in [4.69, 9.17) is 14.8 Å². The van der Waals surface area contributed by atoms with Crippen LogP contribution in [0.1, 0.15) is 5.76 Å². The number of aliphatic carboxylic acids is 1. The molecule has 2 aromatic rings. The third kappa shape index (κ3) is 2.92. The highest BCUT2D eigenvalue weighted by atomic mass is 79.9. The van der Waals surface area contributed by atoms with E-state index in [-0.39, 0.29) is 5.57 Å². The number of carbonyl (C=O) groups is 1. The van der Waals surface area contributed by atoms with Crippen LogP contribution >= 0.6 is 15.9 Å². The number of nitrogens with zero attached hydrogens (tertiary/aromatic N) is 1. The number of carboxylic acid groups (broad SMARTS) is 1. The normalized spacial score (nSPS) is 11.1. The summed E-state index contributed by atoms with van der Waals surface area (Å²) in [6, 6.07) is 12.5. The fourth-order valence-corrected chi connectivity index (χ4v) is 2.00. The average Bonchev–Trinajstić information content (AvgIpc) is 2.84. The first-order valence-electron chi connectivity index (χ1n) is 5.31. The van der Waals surface area contributed by atoms with Crippen LogP contribution in [0.5, 0.6) is 0 Å². The lowest BCUT2D eigenvalue weighted by Crippen LogP contribution is -1.96. The third-order valence-corrected chi connectivity index (χ3v) is 3.10. The summed E-state index contributed by atoms with van der Waals surface area (Å²) in [6.45, 7) is 0. The quantitative estimate of drug-likeness (QED) is 0.691. The van der Waals surface area contributed by atoms with Gasteiger partial charge in [-0.2, -0.15) is 5.26 Å². The van der Waals surface area contributed by atoms with E-state index in [2.05, 4.69) is 15.9 Å². The van der Waals surface area contributed by atoms with Crippen LogP contribution in [0.2, 0.25) is 0 Å². The molecule has 0 amide bonds. The van der Waals surface area contributed by atoms with Gasteiger partial charge in [0.05, 0.1) is 0 Å². The van der Waals surface area contributed by atoms with Crippen molar-refractivity contribution in [1.82, 2.24) is 0 Å². The highest BCUT2D eigenvalue weighted by molar-refractivity contribution is 9.10. The molecular formula is C14H8BrNO3. The smallest absolute Gasteiger partial charge is 0.346 e. The Morgan fingerprint density at radius 1 is 1.32 bits per heavy atom. The lowest BCUT2D eigenvalue weighted by Gasteiger charge is -1.99. The largest absolute Gasteiger partial charge is 0.477 e. The van der Waals surface area contributed by atoms with Gasteiger partial charge < -0.3 is 9.52 Å². The van der Waals surface area contributed by atoms with Crippen LogP contribution in [0.15, 0.2) is 50.9 Å². The monoisotopic (exact) mass is 317 g/mol. The maximum atomic E-state index is 10.7. The summed E-state index contributed by atoms with van der Waals surface area (Å²) in [7, 11) is 0. The van der Waals surface area contributed by atoms with Crippen molar-refractivity contribution in [2.24, 2.45) is 0 Å². The molecule has 0 radical (unpaired) electrons. The lowest BCUT2D eigenvalue weighted by atomic mass is 10.2. The number of hydrogen-bond acceptors (Lipinski definition) is 3. The zero-order valence-corrected chi connectivity index (χ0v) is 11.2. The number of carboxylic acids is 1. The number of rotatable bonds is 3. The highest BCUT2D eigenvalue weighted by Gasteiger charge is 2.10. The predicted molar refractivity (Wildman–Crippen MR) is 73.1 cm³/mol. The molecule has 1 heterocycles. The molecule has 0 aliphatic carbocycles.